The maximum Gasteiger partial charge on any atom is 0.123 e. The van der Waals surface area contributed by atoms with Gasteiger partial charge in [-0.05, 0) is 19.1 Å². The molecule has 0 aliphatic heterocycles. The van der Waals surface area contributed by atoms with E-state index in [0.717, 1.165) is 29.0 Å². The number of para-hydroxylation sites is 2. The van der Waals surface area contributed by atoms with Crippen LogP contribution >= 0.6 is 0 Å². The molecule has 7 heteroatoms. The summed E-state index contributed by atoms with van der Waals surface area (Å²) < 4.78 is 2.19. The number of H-pyrrole nitrogens is 1. The first-order valence-electron chi connectivity index (χ1n) is 6.93. The Bertz CT molecular complexity index is 743. The topological polar surface area (TPSA) is 111 Å². The zero-order chi connectivity index (χ0) is 14.8. The Morgan fingerprint density at radius 3 is 2.86 bits per heavy atom. The Hall–Kier alpha value is -2.38. The van der Waals surface area contributed by atoms with E-state index in [1.807, 2.05) is 18.2 Å². The number of aromatic amines is 1. The third kappa shape index (κ3) is 2.37. The smallest absolute Gasteiger partial charge is 0.123 e. The fraction of sp³-hybridized carbons (Fsp3) is 0.286. The molecule has 110 valence electrons. The summed E-state index contributed by atoms with van der Waals surface area (Å²) in [7, 11) is 0. The first-order chi connectivity index (χ1) is 10.2. The lowest BCUT2D eigenvalue weighted by atomic mass is 10.1. The average molecular weight is 285 g/mol. The molecule has 0 aliphatic carbocycles. The van der Waals surface area contributed by atoms with E-state index in [1.54, 1.807) is 6.20 Å². The number of nitrogens with zero attached hydrogens (tertiary/aromatic N) is 3. The number of hydrogen-bond acceptors (Lipinski definition) is 5. The number of fused-ring (bicyclic) bond motifs is 1. The summed E-state index contributed by atoms with van der Waals surface area (Å²) in [6.07, 6.45) is 2.33. The number of anilines is 1. The monoisotopic (exact) mass is 285 g/mol. The van der Waals surface area contributed by atoms with Crippen LogP contribution in [0.2, 0.25) is 0 Å². The summed E-state index contributed by atoms with van der Waals surface area (Å²) in [6.45, 7) is 2.96. The van der Waals surface area contributed by atoms with Gasteiger partial charge in [0, 0.05) is 18.5 Å². The molecule has 0 amide bonds. The summed E-state index contributed by atoms with van der Waals surface area (Å²) >= 11 is 0. The van der Waals surface area contributed by atoms with Crippen molar-refractivity contribution in [2.75, 3.05) is 5.73 Å². The number of benzene rings is 1. The standard InChI is InChI=1S/C14H19N7/c1-2-21-12-6-4-3-5-10(12)18-13(21)7-11(19-16)9-8-17-20-14(9)15/h3-6,8,11,19H,2,7,16H2,1H3,(H3,15,17,20). The van der Waals surface area contributed by atoms with Crippen molar-refractivity contribution < 1.29 is 0 Å². The maximum atomic E-state index is 5.88. The van der Waals surface area contributed by atoms with Gasteiger partial charge in [0.1, 0.15) is 11.6 Å². The molecule has 21 heavy (non-hydrogen) atoms. The lowest BCUT2D eigenvalue weighted by Crippen LogP contribution is -2.30. The van der Waals surface area contributed by atoms with Crippen molar-refractivity contribution in [3.05, 3.63) is 41.9 Å². The second-order valence-electron chi connectivity index (χ2n) is 4.92. The van der Waals surface area contributed by atoms with Crippen LogP contribution in [0.25, 0.3) is 11.0 Å². The fourth-order valence-corrected chi connectivity index (χ4v) is 2.66. The van der Waals surface area contributed by atoms with Crippen LogP contribution in [-0.4, -0.2) is 19.7 Å². The third-order valence-corrected chi connectivity index (χ3v) is 3.71. The van der Waals surface area contributed by atoms with Gasteiger partial charge in [-0.3, -0.25) is 16.4 Å². The van der Waals surface area contributed by atoms with E-state index in [1.165, 1.54) is 0 Å². The molecule has 6 N–H and O–H groups in total. The molecule has 2 aromatic heterocycles. The van der Waals surface area contributed by atoms with Crippen LogP contribution < -0.4 is 17.0 Å². The molecule has 1 unspecified atom stereocenters. The van der Waals surface area contributed by atoms with E-state index >= 15 is 0 Å². The molecule has 0 spiro atoms. The van der Waals surface area contributed by atoms with Crippen molar-refractivity contribution in [2.45, 2.75) is 25.9 Å². The van der Waals surface area contributed by atoms with Crippen LogP contribution in [0.3, 0.4) is 0 Å². The Morgan fingerprint density at radius 2 is 2.19 bits per heavy atom. The summed E-state index contributed by atoms with van der Waals surface area (Å²) in [5.74, 6) is 7.18. The van der Waals surface area contributed by atoms with Crippen molar-refractivity contribution in [2.24, 2.45) is 5.84 Å². The van der Waals surface area contributed by atoms with Gasteiger partial charge in [0.15, 0.2) is 0 Å². The van der Waals surface area contributed by atoms with Crippen LogP contribution in [0.4, 0.5) is 5.82 Å². The SMILES string of the molecule is CCn1c(CC(NN)c2cn[nH]c2N)nc2ccccc21. The molecule has 0 fully saturated rings. The van der Waals surface area contributed by atoms with Crippen molar-refractivity contribution in [1.29, 1.82) is 0 Å². The highest BCUT2D eigenvalue weighted by atomic mass is 15.2. The van der Waals surface area contributed by atoms with Gasteiger partial charge in [-0.1, -0.05) is 12.1 Å². The Labute approximate surface area is 122 Å². The zero-order valence-corrected chi connectivity index (χ0v) is 11.9. The van der Waals surface area contributed by atoms with Crippen LogP contribution in [0.5, 0.6) is 0 Å². The quantitative estimate of drug-likeness (QED) is 0.414. The van der Waals surface area contributed by atoms with Gasteiger partial charge in [-0.25, -0.2) is 4.98 Å². The van der Waals surface area contributed by atoms with Crippen LogP contribution in [-0.2, 0) is 13.0 Å². The minimum Gasteiger partial charge on any atom is -0.384 e. The van der Waals surface area contributed by atoms with Gasteiger partial charge in [0.25, 0.3) is 0 Å². The molecule has 7 nitrogen and oxygen atoms in total. The number of hydrogen-bond donors (Lipinski definition) is 4. The molecular weight excluding hydrogens is 266 g/mol. The Balaban J connectivity index is 1.98. The summed E-state index contributed by atoms with van der Waals surface area (Å²) in [6, 6.07) is 7.97. The number of nitrogen functional groups attached to an aromatic ring is 1. The number of hydrazine groups is 1. The average Bonchev–Trinajstić information content (AvgIpc) is 3.07. The first kappa shape index (κ1) is 13.6. The number of aryl methyl sites for hydroxylation is 1. The van der Waals surface area contributed by atoms with Crippen molar-refractivity contribution >= 4 is 16.9 Å². The Morgan fingerprint density at radius 1 is 1.38 bits per heavy atom. The lowest BCUT2D eigenvalue weighted by Gasteiger charge is -2.15. The van der Waals surface area contributed by atoms with Crippen molar-refractivity contribution in [3.63, 3.8) is 0 Å². The minimum absolute atomic E-state index is 0.133. The van der Waals surface area contributed by atoms with Crippen molar-refractivity contribution in [1.82, 2.24) is 25.2 Å². The van der Waals surface area contributed by atoms with Crippen LogP contribution in [0.15, 0.2) is 30.5 Å². The van der Waals surface area contributed by atoms with E-state index in [2.05, 4.69) is 33.2 Å². The normalized spacial score (nSPS) is 12.9. The van der Waals surface area contributed by atoms with Gasteiger partial charge in [0.05, 0.1) is 23.3 Å². The lowest BCUT2D eigenvalue weighted by molar-refractivity contribution is 0.527. The van der Waals surface area contributed by atoms with Gasteiger partial charge >= 0.3 is 0 Å². The predicted octanol–water partition coefficient (Wildman–Crippen LogP) is 1.11. The maximum absolute atomic E-state index is 5.88. The van der Waals surface area contributed by atoms with Gasteiger partial charge in [-0.2, -0.15) is 5.10 Å². The minimum atomic E-state index is -0.133. The number of rotatable bonds is 5. The summed E-state index contributed by atoms with van der Waals surface area (Å²) in [5.41, 5.74) is 11.6. The second-order valence-corrected chi connectivity index (χ2v) is 4.92. The summed E-state index contributed by atoms with van der Waals surface area (Å²) in [5, 5.41) is 6.67. The van der Waals surface area contributed by atoms with Crippen LogP contribution in [0, 0.1) is 0 Å². The number of nitrogens with two attached hydrogens (primary N) is 2. The molecule has 1 atom stereocenters. The number of imidazole rings is 1. The molecule has 3 rings (SSSR count). The highest BCUT2D eigenvalue weighted by molar-refractivity contribution is 5.75. The molecule has 0 bridgehead atoms. The van der Waals surface area contributed by atoms with Crippen LogP contribution in [0.1, 0.15) is 24.4 Å². The van der Waals surface area contributed by atoms with E-state index in [9.17, 15) is 0 Å². The van der Waals surface area contributed by atoms with Gasteiger partial charge in [0.2, 0.25) is 0 Å². The molecule has 2 heterocycles. The van der Waals surface area contributed by atoms with Gasteiger partial charge < -0.3 is 10.3 Å². The molecule has 1 aromatic carbocycles. The highest BCUT2D eigenvalue weighted by Gasteiger charge is 2.19. The molecular formula is C14H19N7. The number of nitrogens with one attached hydrogen (secondary N) is 2. The molecule has 0 aliphatic rings. The third-order valence-electron chi connectivity index (χ3n) is 3.71. The largest absolute Gasteiger partial charge is 0.384 e. The van der Waals surface area contributed by atoms with E-state index in [4.69, 9.17) is 16.6 Å². The number of aromatic nitrogens is 4. The first-order valence-corrected chi connectivity index (χ1v) is 6.93. The van der Waals surface area contributed by atoms with E-state index < -0.39 is 0 Å². The molecule has 0 saturated carbocycles. The van der Waals surface area contributed by atoms with Gasteiger partial charge in [-0.15, -0.1) is 0 Å². The predicted molar refractivity (Wildman–Crippen MR) is 82.2 cm³/mol. The van der Waals surface area contributed by atoms with E-state index in [-0.39, 0.29) is 6.04 Å². The second kappa shape index (κ2) is 5.55. The van der Waals surface area contributed by atoms with E-state index in [0.29, 0.717) is 12.2 Å². The fourth-order valence-electron chi connectivity index (χ4n) is 2.66. The molecule has 3 aromatic rings. The molecule has 0 saturated heterocycles. The molecule has 0 radical (unpaired) electrons. The zero-order valence-electron chi connectivity index (χ0n) is 11.9. The van der Waals surface area contributed by atoms with Crippen molar-refractivity contribution in [3.8, 4) is 0 Å². The Kier molecular flexibility index (Phi) is 3.59. The summed E-state index contributed by atoms with van der Waals surface area (Å²) in [4.78, 5) is 4.71. The highest BCUT2D eigenvalue weighted by Crippen LogP contribution is 2.23.